The Morgan fingerprint density at radius 1 is 1.00 bits per heavy atom. The van der Waals surface area contributed by atoms with Crippen molar-refractivity contribution in [2.24, 2.45) is 5.73 Å². The summed E-state index contributed by atoms with van der Waals surface area (Å²) in [6.07, 6.45) is 2.08. The fraction of sp³-hybridized carbons (Fsp3) is 0.400. The first-order valence-electron chi connectivity index (χ1n) is 8.07. The van der Waals surface area contributed by atoms with Gasteiger partial charge in [-0.15, -0.1) is 0 Å². The normalized spacial score (nSPS) is 12.2. The summed E-state index contributed by atoms with van der Waals surface area (Å²) in [5.41, 5.74) is 11.2. The largest absolute Gasteiger partial charge is 0.494 e. The molecule has 0 fully saturated rings. The molecule has 0 aliphatic carbocycles. The maximum Gasteiger partial charge on any atom is 0.119 e. The van der Waals surface area contributed by atoms with Crippen LogP contribution in [0, 0.1) is 20.8 Å². The number of hydrogen-bond donors (Lipinski definition) is 1. The summed E-state index contributed by atoms with van der Waals surface area (Å²) >= 11 is 0. The van der Waals surface area contributed by atoms with E-state index in [1.807, 2.05) is 0 Å². The second kappa shape index (κ2) is 8.00. The van der Waals surface area contributed by atoms with Gasteiger partial charge in [-0.05, 0) is 80.5 Å². The fourth-order valence-electron chi connectivity index (χ4n) is 2.98. The Balaban J connectivity index is 1.86. The van der Waals surface area contributed by atoms with E-state index in [1.54, 1.807) is 0 Å². The molecule has 0 spiro atoms. The molecule has 118 valence electrons. The van der Waals surface area contributed by atoms with Crippen molar-refractivity contribution in [1.82, 2.24) is 0 Å². The molecule has 0 aliphatic heterocycles. The smallest absolute Gasteiger partial charge is 0.119 e. The second-order valence-corrected chi connectivity index (χ2v) is 6.10. The first-order chi connectivity index (χ1) is 10.6. The Morgan fingerprint density at radius 2 is 1.68 bits per heavy atom. The van der Waals surface area contributed by atoms with E-state index in [1.165, 1.54) is 22.3 Å². The molecule has 2 aromatic rings. The highest BCUT2D eigenvalue weighted by atomic mass is 16.5. The van der Waals surface area contributed by atoms with E-state index in [-0.39, 0.29) is 0 Å². The van der Waals surface area contributed by atoms with Crippen molar-refractivity contribution < 1.29 is 4.74 Å². The Kier molecular flexibility index (Phi) is 6.02. The van der Waals surface area contributed by atoms with Crippen molar-refractivity contribution in [1.29, 1.82) is 0 Å². The monoisotopic (exact) mass is 297 g/mol. The van der Waals surface area contributed by atoms with Gasteiger partial charge in [-0.3, -0.25) is 0 Å². The van der Waals surface area contributed by atoms with Gasteiger partial charge in [0.05, 0.1) is 6.61 Å². The van der Waals surface area contributed by atoms with Gasteiger partial charge in [-0.2, -0.15) is 0 Å². The average Bonchev–Trinajstić information content (AvgIpc) is 2.47. The van der Waals surface area contributed by atoms with Crippen LogP contribution in [0.15, 0.2) is 42.5 Å². The molecule has 0 bridgehead atoms. The number of rotatable bonds is 7. The second-order valence-electron chi connectivity index (χ2n) is 6.10. The molecular weight excluding hydrogens is 270 g/mol. The third kappa shape index (κ3) is 4.60. The number of benzene rings is 2. The summed E-state index contributed by atoms with van der Waals surface area (Å²) in [4.78, 5) is 0. The highest BCUT2D eigenvalue weighted by Gasteiger charge is 2.11. The van der Waals surface area contributed by atoms with Crippen LogP contribution in [0.1, 0.15) is 41.0 Å². The van der Waals surface area contributed by atoms with Gasteiger partial charge in [0, 0.05) is 0 Å². The van der Waals surface area contributed by atoms with E-state index in [0.717, 1.165) is 25.2 Å². The quantitative estimate of drug-likeness (QED) is 0.763. The molecule has 0 heterocycles. The number of hydrogen-bond acceptors (Lipinski definition) is 2. The first kappa shape index (κ1) is 16.6. The van der Waals surface area contributed by atoms with Crippen LogP contribution < -0.4 is 10.5 Å². The maximum atomic E-state index is 5.97. The van der Waals surface area contributed by atoms with Crippen molar-refractivity contribution in [2.45, 2.75) is 39.5 Å². The molecule has 0 saturated heterocycles. The zero-order valence-corrected chi connectivity index (χ0v) is 13.9. The highest BCUT2D eigenvalue weighted by molar-refractivity contribution is 5.33. The predicted octanol–water partition coefficient (Wildman–Crippen LogP) is 4.51. The molecule has 0 aromatic heterocycles. The molecule has 2 N–H and O–H groups in total. The first-order valence-corrected chi connectivity index (χ1v) is 8.07. The average molecular weight is 297 g/mol. The fourth-order valence-corrected chi connectivity index (χ4v) is 2.98. The predicted molar refractivity (Wildman–Crippen MR) is 93.6 cm³/mol. The highest BCUT2D eigenvalue weighted by Crippen LogP contribution is 2.24. The molecular formula is C20H27NO. The summed E-state index contributed by atoms with van der Waals surface area (Å²) in [6, 6.07) is 14.9. The summed E-state index contributed by atoms with van der Waals surface area (Å²) in [7, 11) is 0. The molecule has 0 saturated carbocycles. The van der Waals surface area contributed by atoms with Crippen molar-refractivity contribution >= 4 is 0 Å². The molecule has 2 heteroatoms. The summed E-state index contributed by atoms with van der Waals surface area (Å²) in [5.74, 6) is 1.39. The van der Waals surface area contributed by atoms with Gasteiger partial charge in [0.25, 0.3) is 0 Å². The van der Waals surface area contributed by atoms with Crippen molar-refractivity contribution in [3.05, 3.63) is 64.7 Å². The Hall–Kier alpha value is -1.80. The summed E-state index contributed by atoms with van der Waals surface area (Å²) in [6.45, 7) is 7.79. The topological polar surface area (TPSA) is 35.2 Å². The minimum Gasteiger partial charge on any atom is -0.494 e. The third-order valence-electron chi connectivity index (χ3n) is 4.07. The van der Waals surface area contributed by atoms with Gasteiger partial charge in [0.2, 0.25) is 0 Å². The van der Waals surface area contributed by atoms with Crippen LogP contribution in [0.3, 0.4) is 0 Å². The zero-order valence-electron chi connectivity index (χ0n) is 13.9. The van der Waals surface area contributed by atoms with Crippen molar-refractivity contribution in [3.8, 4) is 5.75 Å². The Labute approximate surface area is 134 Å². The molecule has 0 radical (unpaired) electrons. The van der Waals surface area contributed by atoms with Crippen LogP contribution in [-0.4, -0.2) is 13.2 Å². The zero-order chi connectivity index (χ0) is 15.9. The van der Waals surface area contributed by atoms with Gasteiger partial charge < -0.3 is 10.5 Å². The molecule has 0 aliphatic rings. The van der Waals surface area contributed by atoms with E-state index in [2.05, 4.69) is 63.2 Å². The van der Waals surface area contributed by atoms with Crippen LogP contribution in [0.2, 0.25) is 0 Å². The van der Waals surface area contributed by atoms with Gasteiger partial charge in [0.1, 0.15) is 5.75 Å². The van der Waals surface area contributed by atoms with Crippen LogP contribution >= 0.6 is 0 Å². The van der Waals surface area contributed by atoms with Crippen molar-refractivity contribution in [2.75, 3.05) is 13.2 Å². The van der Waals surface area contributed by atoms with Crippen LogP contribution in [0.4, 0.5) is 0 Å². The lowest BCUT2D eigenvalue weighted by atomic mass is 9.91. The molecule has 0 amide bonds. The summed E-state index contributed by atoms with van der Waals surface area (Å²) < 4.78 is 5.89. The SMILES string of the molecule is Cc1cc(C)cc(OCCCC(CN)c2ccccc2C)c1. The Bertz CT molecular complexity index is 586. The Morgan fingerprint density at radius 3 is 2.32 bits per heavy atom. The summed E-state index contributed by atoms with van der Waals surface area (Å²) in [5, 5.41) is 0. The third-order valence-corrected chi connectivity index (χ3v) is 4.07. The van der Waals surface area contributed by atoms with Crippen LogP contribution in [0.25, 0.3) is 0 Å². The number of aryl methyl sites for hydroxylation is 3. The van der Waals surface area contributed by atoms with Crippen LogP contribution in [-0.2, 0) is 0 Å². The van der Waals surface area contributed by atoms with E-state index >= 15 is 0 Å². The van der Waals surface area contributed by atoms with Gasteiger partial charge in [-0.1, -0.05) is 30.3 Å². The van der Waals surface area contributed by atoms with Gasteiger partial charge in [-0.25, -0.2) is 0 Å². The minimum atomic E-state index is 0.420. The van der Waals surface area contributed by atoms with Crippen molar-refractivity contribution in [3.63, 3.8) is 0 Å². The maximum absolute atomic E-state index is 5.97. The van der Waals surface area contributed by atoms with Crippen LogP contribution in [0.5, 0.6) is 5.75 Å². The molecule has 2 nitrogen and oxygen atoms in total. The lowest BCUT2D eigenvalue weighted by Crippen LogP contribution is -2.14. The van der Waals surface area contributed by atoms with E-state index in [4.69, 9.17) is 10.5 Å². The molecule has 2 rings (SSSR count). The molecule has 22 heavy (non-hydrogen) atoms. The molecule has 1 atom stereocenters. The lowest BCUT2D eigenvalue weighted by Gasteiger charge is -2.17. The molecule has 1 unspecified atom stereocenters. The van der Waals surface area contributed by atoms with Gasteiger partial charge >= 0.3 is 0 Å². The standard InChI is InChI=1S/C20H27NO/c1-15-11-16(2)13-19(12-15)22-10-6-8-18(14-21)20-9-5-4-7-17(20)3/h4-5,7,9,11-13,18H,6,8,10,14,21H2,1-3H3. The van der Waals surface area contributed by atoms with E-state index in [0.29, 0.717) is 12.5 Å². The number of nitrogens with two attached hydrogens (primary N) is 1. The van der Waals surface area contributed by atoms with Gasteiger partial charge in [0.15, 0.2) is 0 Å². The molecule has 2 aromatic carbocycles. The minimum absolute atomic E-state index is 0.420. The lowest BCUT2D eigenvalue weighted by molar-refractivity contribution is 0.301. The van der Waals surface area contributed by atoms with E-state index < -0.39 is 0 Å². The number of ether oxygens (including phenoxy) is 1. The van der Waals surface area contributed by atoms with E-state index in [9.17, 15) is 0 Å².